The lowest BCUT2D eigenvalue weighted by Gasteiger charge is -2.15. The maximum absolute atomic E-state index is 12.6. The number of halogens is 3. The van der Waals surface area contributed by atoms with E-state index in [4.69, 9.17) is 0 Å². The van der Waals surface area contributed by atoms with Gasteiger partial charge in [-0.3, -0.25) is 10.1 Å². The summed E-state index contributed by atoms with van der Waals surface area (Å²) in [6.07, 6.45) is -4.76. The van der Waals surface area contributed by atoms with Gasteiger partial charge in [0.05, 0.1) is 10.6 Å². The lowest BCUT2D eigenvalue weighted by atomic mass is 10.1. The van der Waals surface area contributed by atoms with Crippen LogP contribution in [0.25, 0.3) is 0 Å². The predicted molar refractivity (Wildman–Crippen MR) is 55.4 cm³/mol. The standard InChI is InChI=1S/C9H10F3N3O2/c1-14(2)13-6-3-4-8(15(16)17)7(5-6)9(10,11)12/h3-5,13H,1-2H3. The number of nitro benzene ring substituents is 1. The molecule has 8 heteroatoms. The van der Waals surface area contributed by atoms with Gasteiger partial charge in [0, 0.05) is 20.2 Å². The number of nitrogens with one attached hydrogen (secondary N) is 1. The van der Waals surface area contributed by atoms with Crippen molar-refractivity contribution in [3.63, 3.8) is 0 Å². The van der Waals surface area contributed by atoms with Gasteiger partial charge in [0.25, 0.3) is 5.69 Å². The second-order valence-electron chi connectivity index (χ2n) is 3.49. The van der Waals surface area contributed by atoms with Crippen molar-refractivity contribution in [1.29, 1.82) is 0 Å². The predicted octanol–water partition coefficient (Wildman–Crippen LogP) is 2.50. The van der Waals surface area contributed by atoms with Crippen LogP contribution in [0.2, 0.25) is 0 Å². The van der Waals surface area contributed by atoms with Crippen LogP contribution in [0.15, 0.2) is 18.2 Å². The summed E-state index contributed by atoms with van der Waals surface area (Å²) in [5.74, 6) is 0. The minimum absolute atomic E-state index is 0.132. The van der Waals surface area contributed by atoms with Crippen LogP contribution >= 0.6 is 0 Å². The molecule has 1 rings (SSSR count). The molecule has 1 aromatic carbocycles. The highest BCUT2D eigenvalue weighted by Crippen LogP contribution is 2.37. The molecular formula is C9H10F3N3O2. The summed E-state index contributed by atoms with van der Waals surface area (Å²) in [7, 11) is 3.18. The van der Waals surface area contributed by atoms with Gasteiger partial charge >= 0.3 is 6.18 Å². The smallest absolute Gasteiger partial charge is 0.319 e. The van der Waals surface area contributed by atoms with Crippen LogP contribution in [-0.2, 0) is 6.18 Å². The van der Waals surface area contributed by atoms with E-state index >= 15 is 0 Å². The molecule has 0 fully saturated rings. The molecule has 0 radical (unpaired) electrons. The average molecular weight is 249 g/mol. The molecule has 0 saturated heterocycles. The molecule has 0 aromatic heterocycles. The van der Waals surface area contributed by atoms with Crippen LogP contribution in [0.3, 0.4) is 0 Å². The van der Waals surface area contributed by atoms with Gasteiger partial charge in [-0.2, -0.15) is 13.2 Å². The van der Waals surface area contributed by atoms with Crippen LogP contribution in [-0.4, -0.2) is 24.0 Å². The van der Waals surface area contributed by atoms with Crippen molar-refractivity contribution in [2.24, 2.45) is 0 Å². The molecule has 1 N–H and O–H groups in total. The van der Waals surface area contributed by atoms with Crippen LogP contribution < -0.4 is 5.43 Å². The molecule has 0 atom stereocenters. The summed E-state index contributed by atoms with van der Waals surface area (Å²) >= 11 is 0. The summed E-state index contributed by atoms with van der Waals surface area (Å²) in [6.45, 7) is 0. The lowest BCUT2D eigenvalue weighted by molar-refractivity contribution is -0.388. The third-order valence-corrected chi connectivity index (χ3v) is 1.85. The second-order valence-corrected chi connectivity index (χ2v) is 3.49. The number of hydrazine groups is 1. The van der Waals surface area contributed by atoms with Crippen molar-refractivity contribution in [2.45, 2.75) is 6.18 Å². The molecule has 0 aliphatic rings. The first-order valence-corrected chi connectivity index (χ1v) is 4.51. The molecule has 0 spiro atoms. The molecule has 0 heterocycles. The van der Waals surface area contributed by atoms with Gasteiger partial charge in [0.1, 0.15) is 5.56 Å². The van der Waals surface area contributed by atoms with E-state index in [0.29, 0.717) is 6.07 Å². The zero-order chi connectivity index (χ0) is 13.2. The van der Waals surface area contributed by atoms with E-state index in [1.54, 1.807) is 14.1 Å². The first-order valence-electron chi connectivity index (χ1n) is 4.51. The molecule has 17 heavy (non-hydrogen) atoms. The summed E-state index contributed by atoms with van der Waals surface area (Å²) in [5.41, 5.74) is 0.501. The van der Waals surface area contributed by atoms with Crippen molar-refractivity contribution in [2.75, 3.05) is 19.5 Å². The zero-order valence-electron chi connectivity index (χ0n) is 9.08. The van der Waals surface area contributed by atoms with E-state index in [1.807, 2.05) is 0 Å². The Kier molecular flexibility index (Phi) is 3.56. The normalized spacial score (nSPS) is 11.6. The molecular weight excluding hydrogens is 239 g/mol. The minimum atomic E-state index is -4.76. The summed E-state index contributed by atoms with van der Waals surface area (Å²) in [5, 5.41) is 11.9. The van der Waals surface area contributed by atoms with E-state index in [1.165, 1.54) is 11.1 Å². The Bertz CT molecular complexity index is 432. The Labute approximate surface area is 95.0 Å². The highest BCUT2D eigenvalue weighted by Gasteiger charge is 2.38. The Morgan fingerprint density at radius 1 is 1.35 bits per heavy atom. The van der Waals surface area contributed by atoms with Crippen molar-refractivity contribution in [1.82, 2.24) is 5.01 Å². The molecule has 1 aromatic rings. The fourth-order valence-corrected chi connectivity index (χ4v) is 1.25. The number of rotatable bonds is 3. The number of benzene rings is 1. The fraction of sp³-hybridized carbons (Fsp3) is 0.333. The number of hydrogen-bond donors (Lipinski definition) is 1. The lowest BCUT2D eigenvalue weighted by Crippen LogP contribution is -2.20. The molecule has 94 valence electrons. The monoisotopic (exact) mass is 249 g/mol. The zero-order valence-corrected chi connectivity index (χ0v) is 9.08. The maximum Gasteiger partial charge on any atom is 0.423 e. The Morgan fingerprint density at radius 2 is 1.94 bits per heavy atom. The average Bonchev–Trinajstić information content (AvgIpc) is 2.14. The van der Waals surface area contributed by atoms with Gasteiger partial charge in [0.15, 0.2) is 0 Å². The summed E-state index contributed by atoms with van der Waals surface area (Å²) in [4.78, 5) is 9.42. The molecule has 0 aliphatic heterocycles. The molecule has 0 unspecified atom stereocenters. The Hall–Kier alpha value is -1.83. The van der Waals surface area contributed by atoms with Crippen molar-refractivity contribution >= 4 is 11.4 Å². The number of alkyl halides is 3. The molecule has 0 amide bonds. The Balaban J connectivity index is 3.25. The van der Waals surface area contributed by atoms with E-state index in [2.05, 4.69) is 5.43 Å². The molecule has 5 nitrogen and oxygen atoms in total. The molecule has 0 aliphatic carbocycles. The quantitative estimate of drug-likeness (QED) is 0.660. The number of nitro groups is 1. The van der Waals surface area contributed by atoms with Gasteiger partial charge < -0.3 is 5.43 Å². The SMILES string of the molecule is CN(C)Nc1ccc([N+](=O)[O-])c(C(F)(F)F)c1. The fourth-order valence-electron chi connectivity index (χ4n) is 1.25. The van der Waals surface area contributed by atoms with E-state index < -0.39 is 22.4 Å². The van der Waals surface area contributed by atoms with Gasteiger partial charge in [-0.05, 0) is 12.1 Å². The van der Waals surface area contributed by atoms with Crippen LogP contribution in [0.1, 0.15) is 5.56 Å². The van der Waals surface area contributed by atoms with Gasteiger partial charge in [-0.25, -0.2) is 5.01 Å². The van der Waals surface area contributed by atoms with Crippen LogP contribution in [0.4, 0.5) is 24.5 Å². The Morgan fingerprint density at radius 3 is 2.35 bits per heavy atom. The molecule has 0 saturated carbocycles. The largest absolute Gasteiger partial charge is 0.423 e. The summed E-state index contributed by atoms with van der Waals surface area (Å²) in [6, 6.07) is 2.75. The highest BCUT2D eigenvalue weighted by molar-refractivity contribution is 5.54. The van der Waals surface area contributed by atoms with E-state index in [0.717, 1.165) is 6.07 Å². The second kappa shape index (κ2) is 4.58. The number of hydrogen-bond acceptors (Lipinski definition) is 4. The van der Waals surface area contributed by atoms with Crippen LogP contribution in [0, 0.1) is 10.1 Å². The van der Waals surface area contributed by atoms with Crippen LogP contribution in [0.5, 0.6) is 0 Å². The minimum Gasteiger partial charge on any atom is -0.319 e. The summed E-state index contributed by atoms with van der Waals surface area (Å²) < 4.78 is 37.7. The van der Waals surface area contributed by atoms with Crippen molar-refractivity contribution in [3.05, 3.63) is 33.9 Å². The van der Waals surface area contributed by atoms with Gasteiger partial charge in [0.2, 0.25) is 0 Å². The molecule has 0 bridgehead atoms. The van der Waals surface area contributed by atoms with E-state index in [9.17, 15) is 23.3 Å². The third-order valence-electron chi connectivity index (χ3n) is 1.85. The van der Waals surface area contributed by atoms with Crippen molar-refractivity contribution in [3.8, 4) is 0 Å². The first kappa shape index (κ1) is 13.2. The van der Waals surface area contributed by atoms with Gasteiger partial charge in [-0.15, -0.1) is 0 Å². The third kappa shape index (κ3) is 3.31. The topological polar surface area (TPSA) is 58.4 Å². The van der Waals surface area contributed by atoms with Crippen molar-refractivity contribution < 1.29 is 18.1 Å². The highest BCUT2D eigenvalue weighted by atomic mass is 19.4. The van der Waals surface area contributed by atoms with Gasteiger partial charge in [-0.1, -0.05) is 0 Å². The first-order chi connectivity index (χ1) is 7.71. The van der Waals surface area contributed by atoms with E-state index in [-0.39, 0.29) is 5.69 Å². The number of nitrogens with zero attached hydrogens (tertiary/aromatic N) is 2. The maximum atomic E-state index is 12.6. The number of anilines is 1.